The van der Waals surface area contributed by atoms with Crippen molar-refractivity contribution in [3.63, 3.8) is 0 Å². The molecule has 0 atom stereocenters. The van der Waals surface area contributed by atoms with Crippen molar-refractivity contribution in [1.29, 1.82) is 5.26 Å². The highest BCUT2D eigenvalue weighted by Crippen LogP contribution is 2.31. The van der Waals surface area contributed by atoms with E-state index in [1.54, 1.807) is 11.3 Å². The summed E-state index contributed by atoms with van der Waals surface area (Å²) < 4.78 is 0. The largest absolute Gasteiger partial charge is 0.236 e. The van der Waals surface area contributed by atoms with Crippen molar-refractivity contribution in [3.05, 3.63) is 64.5 Å². The van der Waals surface area contributed by atoms with Gasteiger partial charge in [0.2, 0.25) is 0 Å². The number of hydrogen-bond acceptors (Lipinski definition) is 3. The lowest BCUT2D eigenvalue weighted by Gasteiger charge is -2.03. The molecule has 0 saturated heterocycles. The third-order valence-corrected chi connectivity index (χ3v) is 4.30. The molecule has 1 heterocycles. The van der Waals surface area contributed by atoms with Gasteiger partial charge in [-0.15, -0.1) is 11.3 Å². The van der Waals surface area contributed by atoms with E-state index in [1.807, 2.05) is 24.3 Å². The summed E-state index contributed by atoms with van der Waals surface area (Å²) in [5, 5.41) is 11.9. The molecule has 3 heteroatoms. The molecule has 0 amide bonds. The number of hydrogen-bond donors (Lipinski definition) is 0. The number of nitrogens with zero attached hydrogens (tertiary/aromatic N) is 2. The first kappa shape index (κ1) is 13.5. The summed E-state index contributed by atoms with van der Waals surface area (Å²) in [4.78, 5) is 4.73. The van der Waals surface area contributed by atoms with Crippen LogP contribution in [-0.4, -0.2) is 4.98 Å². The van der Waals surface area contributed by atoms with Gasteiger partial charge in [0, 0.05) is 16.5 Å². The molecule has 0 fully saturated rings. The van der Waals surface area contributed by atoms with Gasteiger partial charge in [-0.3, -0.25) is 0 Å². The highest BCUT2D eigenvalue weighted by molar-refractivity contribution is 7.13. The van der Waals surface area contributed by atoms with Crippen molar-refractivity contribution < 1.29 is 0 Å². The second kappa shape index (κ2) is 5.51. The molecule has 0 aliphatic rings. The van der Waals surface area contributed by atoms with Crippen LogP contribution in [0.3, 0.4) is 0 Å². The van der Waals surface area contributed by atoms with Gasteiger partial charge in [-0.2, -0.15) is 5.26 Å². The lowest BCUT2D eigenvalue weighted by atomic mass is 10.1. The first-order valence-corrected chi connectivity index (χ1v) is 7.59. The van der Waals surface area contributed by atoms with Crippen molar-refractivity contribution in [2.45, 2.75) is 13.8 Å². The molecule has 0 N–H and O–H groups in total. The van der Waals surface area contributed by atoms with Gasteiger partial charge < -0.3 is 0 Å². The van der Waals surface area contributed by atoms with E-state index in [4.69, 9.17) is 10.2 Å². The quantitative estimate of drug-likeness (QED) is 0.668. The number of aromatic nitrogens is 1. The van der Waals surface area contributed by atoms with E-state index < -0.39 is 0 Å². The third-order valence-electron chi connectivity index (χ3n) is 3.43. The van der Waals surface area contributed by atoms with Crippen LogP contribution in [0.5, 0.6) is 0 Å². The Labute approximate surface area is 128 Å². The summed E-state index contributed by atoms with van der Waals surface area (Å²) in [6.07, 6.45) is 0. The molecule has 102 valence electrons. The van der Waals surface area contributed by atoms with Gasteiger partial charge >= 0.3 is 0 Å². The molecule has 0 spiro atoms. The fourth-order valence-electron chi connectivity index (χ4n) is 2.30. The van der Waals surface area contributed by atoms with Crippen molar-refractivity contribution in [1.82, 2.24) is 4.98 Å². The fourth-order valence-corrected chi connectivity index (χ4v) is 3.22. The van der Waals surface area contributed by atoms with Crippen LogP contribution in [-0.2, 0) is 0 Å². The molecule has 0 radical (unpaired) electrons. The van der Waals surface area contributed by atoms with Crippen LogP contribution in [0.4, 0.5) is 0 Å². The van der Waals surface area contributed by atoms with E-state index in [9.17, 15) is 0 Å². The van der Waals surface area contributed by atoms with Gasteiger partial charge in [-0.1, -0.05) is 35.9 Å². The second-order valence-electron chi connectivity index (χ2n) is 5.05. The molecule has 0 bridgehead atoms. The maximum Gasteiger partial charge on any atom is 0.124 e. The normalized spacial score (nSPS) is 10.3. The van der Waals surface area contributed by atoms with Crippen LogP contribution in [0.25, 0.3) is 21.8 Å². The zero-order valence-corrected chi connectivity index (χ0v) is 12.7. The predicted molar refractivity (Wildman–Crippen MR) is 87.2 cm³/mol. The lowest BCUT2D eigenvalue weighted by molar-refractivity contribution is 1.34. The Morgan fingerprint density at radius 2 is 1.81 bits per heavy atom. The molecular weight excluding hydrogens is 276 g/mol. The minimum absolute atomic E-state index is 0.670. The van der Waals surface area contributed by atoms with E-state index in [2.05, 4.69) is 43.5 Å². The Bertz CT molecular complexity index is 823. The van der Waals surface area contributed by atoms with Crippen molar-refractivity contribution >= 4 is 11.3 Å². The Morgan fingerprint density at radius 1 is 1.05 bits per heavy atom. The Morgan fingerprint density at radius 3 is 2.48 bits per heavy atom. The summed E-state index contributed by atoms with van der Waals surface area (Å²) in [7, 11) is 0. The number of rotatable bonds is 2. The maximum absolute atomic E-state index is 8.84. The predicted octanol–water partition coefficient (Wildman–Crippen LogP) is 4.97. The van der Waals surface area contributed by atoms with Gasteiger partial charge in [0.15, 0.2) is 0 Å². The minimum atomic E-state index is 0.670. The Hall–Kier alpha value is -2.44. The summed E-state index contributed by atoms with van der Waals surface area (Å²) >= 11 is 1.65. The summed E-state index contributed by atoms with van der Waals surface area (Å²) in [5.41, 5.74) is 6.37. The molecule has 2 nitrogen and oxygen atoms in total. The average Bonchev–Trinajstić information content (AvgIpc) is 2.97. The molecule has 1 aromatic heterocycles. The third kappa shape index (κ3) is 2.72. The number of benzene rings is 2. The van der Waals surface area contributed by atoms with Crippen LogP contribution in [0.2, 0.25) is 0 Å². The van der Waals surface area contributed by atoms with Gasteiger partial charge in [0.05, 0.1) is 17.3 Å². The number of aryl methyl sites for hydroxylation is 2. The molecule has 3 rings (SSSR count). The zero-order valence-electron chi connectivity index (χ0n) is 11.9. The number of thiazole rings is 1. The Kier molecular flexibility index (Phi) is 3.55. The second-order valence-corrected chi connectivity index (χ2v) is 5.90. The first-order chi connectivity index (χ1) is 10.2. The number of nitriles is 1. The van der Waals surface area contributed by atoms with Gasteiger partial charge in [-0.25, -0.2) is 4.98 Å². The summed E-state index contributed by atoms with van der Waals surface area (Å²) in [5.74, 6) is 0. The van der Waals surface area contributed by atoms with Crippen LogP contribution in [0.1, 0.15) is 16.7 Å². The summed E-state index contributed by atoms with van der Waals surface area (Å²) in [6.45, 7) is 4.21. The molecule has 3 aromatic rings. The van der Waals surface area contributed by atoms with Gasteiger partial charge in [0.1, 0.15) is 5.01 Å². The Balaban J connectivity index is 1.97. The van der Waals surface area contributed by atoms with E-state index in [1.165, 1.54) is 16.7 Å². The summed E-state index contributed by atoms with van der Waals surface area (Å²) in [6, 6.07) is 16.1. The standard InChI is InChI=1S/C18H14N2S/c1-12-3-8-16(13(2)9-12)18-20-17(11-21-18)15-6-4-14(10-19)5-7-15/h3-9,11H,1-2H3. The lowest BCUT2D eigenvalue weighted by Crippen LogP contribution is -1.85. The van der Waals surface area contributed by atoms with E-state index in [-0.39, 0.29) is 0 Å². The maximum atomic E-state index is 8.84. The van der Waals surface area contributed by atoms with Crippen LogP contribution < -0.4 is 0 Å². The smallest absolute Gasteiger partial charge is 0.124 e. The van der Waals surface area contributed by atoms with E-state index in [0.717, 1.165) is 16.3 Å². The first-order valence-electron chi connectivity index (χ1n) is 6.71. The molecule has 0 aliphatic heterocycles. The SMILES string of the molecule is Cc1ccc(-c2nc(-c3ccc(C#N)cc3)cs2)c(C)c1. The molecular formula is C18H14N2S. The zero-order chi connectivity index (χ0) is 14.8. The van der Waals surface area contributed by atoms with Crippen molar-refractivity contribution in [3.8, 4) is 27.9 Å². The highest BCUT2D eigenvalue weighted by Gasteiger charge is 2.09. The topological polar surface area (TPSA) is 36.7 Å². The van der Waals surface area contributed by atoms with Crippen molar-refractivity contribution in [2.24, 2.45) is 0 Å². The van der Waals surface area contributed by atoms with Crippen LogP contribution >= 0.6 is 11.3 Å². The highest BCUT2D eigenvalue weighted by atomic mass is 32.1. The average molecular weight is 290 g/mol. The van der Waals surface area contributed by atoms with Gasteiger partial charge in [-0.05, 0) is 31.5 Å². The molecule has 0 saturated carbocycles. The molecule has 0 unspecified atom stereocenters. The molecule has 0 aliphatic carbocycles. The fraction of sp³-hybridized carbons (Fsp3) is 0.111. The van der Waals surface area contributed by atoms with Gasteiger partial charge in [0.25, 0.3) is 0 Å². The van der Waals surface area contributed by atoms with Crippen LogP contribution in [0.15, 0.2) is 47.8 Å². The molecule has 21 heavy (non-hydrogen) atoms. The van der Waals surface area contributed by atoms with E-state index >= 15 is 0 Å². The minimum Gasteiger partial charge on any atom is -0.236 e. The van der Waals surface area contributed by atoms with Crippen molar-refractivity contribution in [2.75, 3.05) is 0 Å². The monoisotopic (exact) mass is 290 g/mol. The molecule has 2 aromatic carbocycles. The van der Waals surface area contributed by atoms with Crippen LogP contribution in [0, 0.1) is 25.2 Å². The van der Waals surface area contributed by atoms with E-state index in [0.29, 0.717) is 5.56 Å².